The number of aryl methyl sites for hydroxylation is 2. The number of benzene rings is 1. The van der Waals surface area contributed by atoms with Crippen LogP contribution in [0.2, 0.25) is 0 Å². The van der Waals surface area contributed by atoms with Gasteiger partial charge in [-0.05, 0) is 44.9 Å². The van der Waals surface area contributed by atoms with Crippen molar-refractivity contribution in [3.63, 3.8) is 0 Å². The Morgan fingerprint density at radius 3 is 2.78 bits per heavy atom. The molecule has 1 aliphatic rings. The highest BCUT2D eigenvalue weighted by Gasteiger charge is 2.26. The minimum absolute atomic E-state index is 0.0185. The Kier molecular flexibility index (Phi) is 4.45. The summed E-state index contributed by atoms with van der Waals surface area (Å²) in [5.74, 6) is 0.0185. The van der Waals surface area contributed by atoms with E-state index in [-0.39, 0.29) is 11.9 Å². The number of hydrogen-bond donors (Lipinski definition) is 3. The minimum atomic E-state index is -0.175. The van der Waals surface area contributed by atoms with E-state index in [2.05, 4.69) is 28.2 Å². The van der Waals surface area contributed by atoms with Gasteiger partial charge in [-0.25, -0.2) is 10.1 Å². The fourth-order valence-electron chi connectivity index (χ4n) is 2.93. The molecular formula is C17H23N5O. The first-order valence-corrected chi connectivity index (χ1v) is 7.95. The summed E-state index contributed by atoms with van der Waals surface area (Å²) in [6.45, 7) is 6.55. The number of hydrogen-bond acceptors (Lipinski definition) is 4. The van der Waals surface area contributed by atoms with Crippen molar-refractivity contribution in [3.8, 4) is 5.69 Å². The van der Waals surface area contributed by atoms with Crippen molar-refractivity contribution < 1.29 is 4.79 Å². The Labute approximate surface area is 136 Å². The minimum Gasteiger partial charge on any atom is -0.351 e. The Balaban J connectivity index is 1.74. The van der Waals surface area contributed by atoms with Crippen LogP contribution in [0.25, 0.3) is 5.69 Å². The van der Waals surface area contributed by atoms with E-state index in [1.165, 1.54) is 0 Å². The lowest BCUT2D eigenvalue weighted by Crippen LogP contribution is -2.43. The predicted molar refractivity (Wildman–Crippen MR) is 89.0 cm³/mol. The molecule has 2 atom stereocenters. The molecule has 122 valence electrons. The topological polar surface area (TPSA) is 71.0 Å². The van der Waals surface area contributed by atoms with Crippen molar-refractivity contribution in [2.45, 2.75) is 45.8 Å². The average molecular weight is 313 g/mol. The number of para-hydroxylation sites is 1. The molecule has 0 bridgehead atoms. The molecule has 1 aromatic heterocycles. The van der Waals surface area contributed by atoms with Crippen LogP contribution in [0, 0.1) is 13.8 Å². The largest absolute Gasteiger partial charge is 0.351 e. The molecule has 6 heteroatoms. The maximum atomic E-state index is 12.2. The van der Waals surface area contributed by atoms with Crippen molar-refractivity contribution in [3.05, 3.63) is 47.3 Å². The Hall–Kier alpha value is -2.18. The fourth-order valence-corrected chi connectivity index (χ4v) is 2.93. The molecule has 0 radical (unpaired) electrons. The maximum Gasteiger partial charge on any atom is 0.238 e. The highest BCUT2D eigenvalue weighted by Crippen LogP contribution is 2.17. The molecule has 1 fully saturated rings. The van der Waals surface area contributed by atoms with Crippen LogP contribution in [0.4, 0.5) is 0 Å². The van der Waals surface area contributed by atoms with Crippen molar-refractivity contribution >= 4 is 5.91 Å². The molecule has 3 N–H and O–H groups in total. The highest BCUT2D eigenvalue weighted by atomic mass is 16.2. The van der Waals surface area contributed by atoms with Crippen LogP contribution in [0.1, 0.15) is 30.3 Å². The van der Waals surface area contributed by atoms with Gasteiger partial charge >= 0.3 is 0 Å². The number of nitrogens with one attached hydrogen (secondary N) is 3. The zero-order valence-corrected chi connectivity index (χ0v) is 13.8. The summed E-state index contributed by atoms with van der Waals surface area (Å²) in [6, 6.07) is 10.2. The third kappa shape index (κ3) is 3.43. The van der Waals surface area contributed by atoms with Crippen LogP contribution in [0.5, 0.6) is 0 Å². The van der Waals surface area contributed by atoms with Gasteiger partial charge in [-0.15, -0.1) is 0 Å². The molecular weight excluding hydrogens is 290 g/mol. The van der Waals surface area contributed by atoms with Gasteiger partial charge in [0.15, 0.2) is 0 Å². The molecule has 2 aromatic rings. The van der Waals surface area contributed by atoms with Crippen molar-refractivity contribution in [2.24, 2.45) is 0 Å². The SMILES string of the molecule is Cc1cc(C)n(-c2ccccc2CNC(=O)C2CC(C)NN2)n1. The maximum absolute atomic E-state index is 12.2. The van der Waals surface area contributed by atoms with E-state index in [1.54, 1.807) is 0 Å². The Morgan fingerprint density at radius 1 is 1.35 bits per heavy atom. The first kappa shape index (κ1) is 15.7. The number of hydrazine groups is 1. The number of amides is 1. The van der Waals surface area contributed by atoms with E-state index < -0.39 is 0 Å². The van der Waals surface area contributed by atoms with E-state index in [0.29, 0.717) is 12.6 Å². The number of carbonyl (C=O) groups is 1. The fraction of sp³-hybridized carbons (Fsp3) is 0.412. The molecule has 2 unspecified atom stereocenters. The summed E-state index contributed by atoms with van der Waals surface area (Å²) in [6.07, 6.45) is 0.797. The van der Waals surface area contributed by atoms with Crippen LogP contribution in [-0.4, -0.2) is 27.8 Å². The van der Waals surface area contributed by atoms with Crippen LogP contribution in [-0.2, 0) is 11.3 Å². The van der Waals surface area contributed by atoms with Gasteiger partial charge in [0.25, 0.3) is 0 Å². The number of nitrogens with zero attached hydrogens (tertiary/aromatic N) is 2. The lowest BCUT2D eigenvalue weighted by molar-refractivity contribution is -0.123. The summed E-state index contributed by atoms with van der Waals surface area (Å²) >= 11 is 0. The van der Waals surface area contributed by atoms with E-state index in [1.807, 2.05) is 48.9 Å². The second-order valence-electron chi connectivity index (χ2n) is 6.16. The van der Waals surface area contributed by atoms with Gasteiger partial charge in [0.2, 0.25) is 5.91 Å². The summed E-state index contributed by atoms with van der Waals surface area (Å²) in [4.78, 5) is 12.2. The average Bonchev–Trinajstić information content (AvgIpc) is 3.10. The molecule has 1 saturated heterocycles. The smallest absolute Gasteiger partial charge is 0.238 e. The standard InChI is InChI=1S/C17H23N5O/c1-11-9-15(20-19-11)17(23)18-10-14-6-4-5-7-16(14)22-13(3)8-12(2)21-22/h4-8,11,15,19-20H,9-10H2,1-3H3,(H,18,23). The second kappa shape index (κ2) is 6.52. The quantitative estimate of drug-likeness (QED) is 0.797. The van der Waals surface area contributed by atoms with Crippen molar-refractivity contribution in [1.29, 1.82) is 0 Å². The lowest BCUT2D eigenvalue weighted by Gasteiger charge is -2.14. The zero-order chi connectivity index (χ0) is 16.4. The number of rotatable bonds is 4. The van der Waals surface area contributed by atoms with Crippen LogP contribution in [0.3, 0.4) is 0 Å². The summed E-state index contributed by atoms with van der Waals surface area (Å²) in [5, 5.41) is 7.55. The van der Waals surface area contributed by atoms with Crippen LogP contribution < -0.4 is 16.2 Å². The van der Waals surface area contributed by atoms with Gasteiger partial charge in [-0.2, -0.15) is 5.10 Å². The van der Waals surface area contributed by atoms with Crippen LogP contribution in [0.15, 0.2) is 30.3 Å². The van der Waals surface area contributed by atoms with Gasteiger partial charge in [0.1, 0.15) is 6.04 Å². The Morgan fingerprint density at radius 2 is 2.13 bits per heavy atom. The molecule has 2 heterocycles. The molecule has 0 aliphatic carbocycles. The zero-order valence-electron chi connectivity index (χ0n) is 13.8. The summed E-state index contributed by atoms with van der Waals surface area (Å²) in [5.41, 5.74) is 10.2. The number of aromatic nitrogens is 2. The molecule has 0 saturated carbocycles. The van der Waals surface area contributed by atoms with Gasteiger partial charge < -0.3 is 5.32 Å². The first-order chi connectivity index (χ1) is 11.0. The molecule has 1 aromatic carbocycles. The molecule has 3 rings (SSSR count). The lowest BCUT2D eigenvalue weighted by atomic mass is 10.1. The van der Waals surface area contributed by atoms with Gasteiger partial charge in [-0.3, -0.25) is 10.2 Å². The molecule has 0 spiro atoms. The third-order valence-corrected chi connectivity index (χ3v) is 4.09. The molecule has 23 heavy (non-hydrogen) atoms. The van der Waals surface area contributed by atoms with Gasteiger partial charge in [-0.1, -0.05) is 18.2 Å². The predicted octanol–water partition coefficient (Wildman–Crippen LogP) is 1.36. The van der Waals surface area contributed by atoms with E-state index in [4.69, 9.17) is 0 Å². The third-order valence-electron chi connectivity index (χ3n) is 4.09. The monoisotopic (exact) mass is 313 g/mol. The second-order valence-corrected chi connectivity index (χ2v) is 6.16. The summed E-state index contributed by atoms with van der Waals surface area (Å²) < 4.78 is 1.92. The molecule has 1 amide bonds. The Bertz CT molecular complexity index is 709. The van der Waals surface area contributed by atoms with Crippen LogP contribution >= 0.6 is 0 Å². The van der Waals surface area contributed by atoms with Gasteiger partial charge in [0.05, 0.1) is 11.4 Å². The normalized spacial score (nSPS) is 20.7. The summed E-state index contributed by atoms with van der Waals surface area (Å²) in [7, 11) is 0. The van der Waals surface area contributed by atoms with Gasteiger partial charge in [0, 0.05) is 18.3 Å². The van der Waals surface area contributed by atoms with E-state index in [0.717, 1.165) is 29.1 Å². The van der Waals surface area contributed by atoms with Crippen molar-refractivity contribution in [2.75, 3.05) is 0 Å². The van der Waals surface area contributed by atoms with Crippen molar-refractivity contribution in [1.82, 2.24) is 25.9 Å². The molecule has 6 nitrogen and oxygen atoms in total. The number of carbonyl (C=O) groups excluding carboxylic acids is 1. The van der Waals surface area contributed by atoms with E-state index in [9.17, 15) is 4.79 Å². The van der Waals surface area contributed by atoms with E-state index >= 15 is 0 Å². The first-order valence-electron chi connectivity index (χ1n) is 7.95. The molecule has 1 aliphatic heterocycles. The highest BCUT2D eigenvalue weighted by molar-refractivity contribution is 5.82.